The molecule has 0 fully saturated rings. The topological polar surface area (TPSA) is 54.9 Å². The summed E-state index contributed by atoms with van der Waals surface area (Å²) in [7, 11) is 0. The van der Waals surface area contributed by atoms with Gasteiger partial charge in [0, 0.05) is 22.7 Å². The number of hydrogen-bond donors (Lipinski definition) is 1. The van der Waals surface area contributed by atoms with Gasteiger partial charge in [0.1, 0.15) is 5.69 Å². The Hall–Kier alpha value is -3.27. The maximum atomic E-state index is 12.4. The molecule has 0 bridgehead atoms. The van der Waals surface area contributed by atoms with Gasteiger partial charge < -0.3 is 5.32 Å². The van der Waals surface area contributed by atoms with E-state index in [4.69, 9.17) is 0 Å². The molecule has 4 heteroatoms. The molecule has 0 unspecified atom stereocenters. The monoisotopic (exact) mass is 313 g/mol. The predicted octanol–water partition coefficient (Wildman–Crippen LogP) is 4.34. The summed E-state index contributed by atoms with van der Waals surface area (Å²) in [6.45, 7) is 1.93. The lowest BCUT2D eigenvalue weighted by Crippen LogP contribution is -2.14. The molecule has 2 heterocycles. The van der Waals surface area contributed by atoms with Crippen LogP contribution in [0, 0.1) is 6.92 Å². The van der Waals surface area contributed by atoms with Crippen molar-refractivity contribution in [3.8, 4) is 0 Å². The lowest BCUT2D eigenvalue weighted by atomic mass is 10.0. The van der Waals surface area contributed by atoms with Crippen LogP contribution in [0.2, 0.25) is 0 Å². The molecule has 116 valence electrons. The van der Waals surface area contributed by atoms with Crippen molar-refractivity contribution in [3.63, 3.8) is 0 Å². The van der Waals surface area contributed by atoms with Crippen molar-refractivity contribution in [2.75, 3.05) is 5.32 Å². The number of nitrogens with one attached hydrogen (secondary N) is 1. The summed E-state index contributed by atoms with van der Waals surface area (Å²) in [5.74, 6) is -0.226. The molecule has 2 aromatic heterocycles. The molecule has 1 amide bonds. The van der Waals surface area contributed by atoms with Gasteiger partial charge in [-0.1, -0.05) is 42.5 Å². The molecule has 2 aromatic carbocycles. The molecule has 0 aliphatic carbocycles. The van der Waals surface area contributed by atoms with E-state index in [0.29, 0.717) is 5.69 Å². The third kappa shape index (κ3) is 2.48. The van der Waals surface area contributed by atoms with Crippen molar-refractivity contribution >= 4 is 33.3 Å². The van der Waals surface area contributed by atoms with Gasteiger partial charge in [-0.25, -0.2) is 0 Å². The largest absolute Gasteiger partial charge is 0.320 e. The van der Waals surface area contributed by atoms with Crippen LogP contribution >= 0.6 is 0 Å². The minimum absolute atomic E-state index is 0.226. The van der Waals surface area contributed by atoms with Crippen LogP contribution in [-0.4, -0.2) is 15.9 Å². The molecule has 0 aliphatic rings. The van der Waals surface area contributed by atoms with Gasteiger partial charge >= 0.3 is 0 Å². The zero-order valence-electron chi connectivity index (χ0n) is 13.2. The Bertz CT molecular complexity index is 1060. The summed E-state index contributed by atoms with van der Waals surface area (Å²) in [6.07, 6.45) is 1.61. The quantitative estimate of drug-likeness (QED) is 0.560. The van der Waals surface area contributed by atoms with Gasteiger partial charge in [0.15, 0.2) is 0 Å². The zero-order valence-corrected chi connectivity index (χ0v) is 13.2. The molecule has 4 nitrogen and oxygen atoms in total. The number of pyridine rings is 2. The molecule has 0 spiro atoms. The maximum Gasteiger partial charge on any atom is 0.274 e. The number of nitrogens with zero attached hydrogens (tertiary/aromatic N) is 2. The van der Waals surface area contributed by atoms with E-state index in [-0.39, 0.29) is 5.91 Å². The number of carbonyl (C=O) groups is 1. The SMILES string of the molecule is Cc1cc(NC(=O)c2ccccn2)c2ccc3ccccc3c2n1. The van der Waals surface area contributed by atoms with Crippen LogP contribution in [0.5, 0.6) is 0 Å². The summed E-state index contributed by atoms with van der Waals surface area (Å²) in [4.78, 5) is 21.2. The first-order valence-electron chi connectivity index (χ1n) is 7.74. The van der Waals surface area contributed by atoms with Gasteiger partial charge in [-0.3, -0.25) is 14.8 Å². The number of anilines is 1. The third-order valence-electron chi connectivity index (χ3n) is 3.98. The van der Waals surface area contributed by atoms with Crippen LogP contribution in [0.25, 0.3) is 21.7 Å². The van der Waals surface area contributed by atoms with Gasteiger partial charge in [0.25, 0.3) is 5.91 Å². The van der Waals surface area contributed by atoms with Crippen LogP contribution in [0.4, 0.5) is 5.69 Å². The Morgan fingerprint density at radius 3 is 2.62 bits per heavy atom. The van der Waals surface area contributed by atoms with E-state index >= 15 is 0 Å². The van der Waals surface area contributed by atoms with E-state index in [9.17, 15) is 4.79 Å². The average Bonchev–Trinajstić information content (AvgIpc) is 2.62. The van der Waals surface area contributed by atoms with Crippen molar-refractivity contribution in [2.24, 2.45) is 0 Å². The molecule has 0 atom stereocenters. The fourth-order valence-electron chi connectivity index (χ4n) is 2.88. The Labute approximate surface area is 139 Å². The first-order valence-corrected chi connectivity index (χ1v) is 7.74. The Morgan fingerprint density at radius 2 is 1.79 bits per heavy atom. The number of benzene rings is 2. The lowest BCUT2D eigenvalue weighted by Gasteiger charge is -2.11. The standard InChI is InChI=1S/C20H15N3O/c1-13-12-18(23-20(24)17-8-4-5-11-21-17)16-10-9-14-6-2-3-7-15(14)19(16)22-13/h2-12H,1H3,(H,22,23,24). The Kier molecular flexibility index (Phi) is 3.43. The van der Waals surface area contributed by atoms with Crippen LogP contribution in [0.1, 0.15) is 16.2 Å². The molecule has 0 saturated heterocycles. The van der Waals surface area contributed by atoms with Gasteiger partial charge in [0.05, 0.1) is 11.2 Å². The predicted molar refractivity (Wildman–Crippen MR) is 96.2 cm³/mol. The summed E-state index contributed by atoms with van der Waals surface area (Å²) in [5.41, 5.74) is 2.89. The molecule has 4 aromatic rings. The normalized spacial score (nSPS) is 10.9. The van der Waals surface area contributed by atoms with Gasteiger partial charge in [-0.2, -0.15) is 0 Å². The summed E-state index contributed by atoms with van der Waals surface area (Å²) in [6, 6.07) is 19.3. The zero-order chi connectivity index (χ0) is 16.5. The van der Waals surface area contributed by atoms with E-state index in [1.54, 1.807) is 24.4 Å². The fourth-order valence-corrected chi connectivity index (χ4v) is 2.88. The van der Waals surface area contributed by atoms with Crippen molar-refractivity contribution in [2.45, 2.75) is 6.92 Å². The van der Waals surface area contributed by atoms with E-state index < -0.39 is 0 Å². The number of amides is 1. The number of carbonyl (C=O) groups excluding carboxylic acids is 1. The maximum absolute atomic E-state index is 12.4. The van der Waals surface area contributed by atoms with E-state index in [2.05, 4.69) is 27.4 Å². The first-order chi connectivity index (χ1) is 11.7. The number of rotatable bonds is 2. The molecule has 0 radical (unpaired) electrons. The number of aromatic nitrogens is 2. The number of aryl methyl sites for hydroxylation is 1. The van der Waals surface area contributed by atoms with Crippen LogP contribution in [0.3, 0.4) is 0 Å². The highest BCUT2D eigenvalue weighted by Gasteiger charge is 2.12. The summed E-state index contributed by atoms with van der Waals surface area (Å²) < 4.78 is 0. The van der Waals surface area contributed by atoms with Crippen LogP contribution in [0.15, 0.2) is 66.9 Å². The second-order valence-corrected chi connectivity index (χ2v) is 5.66. The highest BCUT2D eigenvalue weighted by atomic mass is 16.1. The molecule has 4 rings (SSSR count). The van der Waals surface area contributed by atoms with Crippen LogP contribution < -0.4 is 5.32 Å². The molecule has 0 aliphatic heterocycles. The summed E-state index contributed by atoms with van der Waals surface area (Å²) in [5, 5.41) is 6.09. The Morgan fingerprint density at radius 1 is 0.958 bits per heavy atom. The minimum atomic E-state index is -0.226. The van der Waals surface area contributed by atoms with E-state index in [1.807, 2.05) is 37.3 Å². The first kappa shape index (κ1) is 14.3. The third-order valence-corrected chi connectivity index (χ3v) is 3.98. The Balaban J connectivity index is 1.86. The lowest BCUT2D eigenvalue weighted by molar-refractivity contribution is 0.102. The molecule has 0 saturated carbocycles. The number of fused-ring (bicyclic) bond motifs is 3. The van der Waals surface area contributed by atoms with Crippen molar-refractivity contribution < 1.29 is 4.79 Å². The second kappa shape index (κ2) is 5.74. The average molecular weight is 313 g/mol. The van der Waals surface area contributed by atoms with Crippen molar-refractivity contribution in [3.05, 3.63) is 78.2 Å². The molecular formula is C20H15N3O. The highest BCUT2D eigenvalue weighted by molar-refractivity contribution is 6.13. The van der Waals surface area contributed by atoms with Crippen molar-refractivity contribution in [1.29, 1.82) is 0 Å². The second-order valence-electron chi connectivity index (χ2n) is 5.66. The van der Waals surface area contributed by atoms with Crippen molar-refractivity contribution in [1.82, 2.24) is 9.97 Å². The van der Waals surface area contributed by atoms with Gasteiger partial charge in [-0.05, 0) is 30.5 Å². The summed E-state index contributed by atoms with van der Waals surface area (Å²) >= 11 is 0. The van der Waals surface area contributed by atoms with E-state index in [1.165, 1.54) is 0 Å². The van der Waals surface area contributed by atoms with Gasteiger partial charge in [0.2, 0.25) is 0 Å². The van der Waals surface area contributed by atoms with E-state index in [0.717, 1.165) is 33.1 Å². The number of hydrogen-bond acceptors (Lipinski definition) is 3. The van der Waals surface area contributed by atoms with Crippen LogP contribution in [-0.2, 0) is 0 Å². The fraction of sp³-hybridized carbons (Fsp3) is 0.0500. The molecular weight excluding hydrogens is 298 g/mol. The molecule has 1 N–H and O–H groups in total. The molecule has 24 heavy (non-hydrogen) atoms. The minimum Gasteiger partial charge on any atom is -0.320 e. The van der Waals surface area contributed by atoms with Gasteiger partial charge in [-0.15, -0.1) is 0 Å². The smallest absolute Gasteiger partial charge is 0.274 e. The highest BCUT2D eigenvalue weighted by Crippen LogP contribution is 2.29.